The lowest BCUT2D eigenvalue weighted by Crippen LogP contribution is -2.41. The van der Waals surface area contributed by atoms with Crippen molar-refractivity contribution < 1.29 is 4.42 Å². The molecule has 12 aromatic rings. The Hall–Kier alpha value is -9.32. The molecule has 71 heavy (non-hydrogen) atoms. The molecule has 0 amide bonds. The molecule has 0 spiro atoms. The van der Waals surface area contributed by atoms with E-state index < -0.39 is 0 Å². The van der Waals surface area contributed by atoms with Gasteiger partial charge in [-0.3, -0.25) is 0 Å². The minimum Gasteiger partial charge on any atom is -0.454 e. The van der Waals surface area contributed by atoms with Crippen LogP contribution in [0.3, 0.4) is 0 Å². The Balaban J connectivity index is 1.08. The first-order valence-electron chi connectivity index (χ1n) is 24.2. The first-order chi connectivity index (χ1) is 35.2. The summed E-state index contributed by atoms with van der Waals surface area (Å²) in [6.45, 7) is 0. The van der Waals surface area contributed by atoms with E-state index in [0.717, 1.165) is 123 Å². The molecule has 0 fully saturated rings. The number of nitrogens with one attached hydrogen (secondary N) is 1. The van der Waals surface area contributed by atoms with E-state index in [2.05, 4.69) is 289 Å². The van der Waals surface area contributed by atoms with Crippen molar-refractivity contribution in [2.24, 2.45) is 0 Å². The molecule has 5 heteroatoms. The highest BCUT2D eigenvalue weighted by atomic mass is 16.3. The number of para-hydroxylation sites is 3. The average Bonchev–Trinajstić information content (AvgIpc) is 3.82. The molecule has 0 saturated heterocycles. The Labute approximate surface area is 414 Å². The van der Waals surface area contributed by atoms with E-state index in [1.165, 1.54) is 0 Å². The van der Waals surface area contributed by atoms with Crippen LogP contribution in [0.1, 0.15) is 0 Å². The third-order valence-electron chi connectivity index (χ3n) is 13.6. The normalized spacial score (nSPS) is 11.7. The second-order valence-corrected chi connectivity index (χ2v) is 18.0. The van der Waals surface area contributed by atoms with Gasteiger partial charge < -0.3 is 19.5 Å². The second kappa shape index (κ2) is 18.0. The number of furan rings is 1. The van der Waals surface area contributed by atoms with Crippen molar-refractivity contribution in [3.63, 3.8) is 0 Å². The summed E-state index contributed by atoms with van der Waals surface area (Å²) in [7, 11) is 2.37. The summed E-state index contributed by atoms with van der Waals surface area (Å²) < 4.78 is 7.08. The molecular formula is C66H45BN3O. The van der Waals surface area contributed by atoms with E-state index in [-0.39, 0.29) is 0 Å². The minimum atomic E-state index is 0.836. The van der Waals surface area contributed by atoms with Gasteiger partial charge in [0.1, 0.15) is 5.58 Å². The Bertz CT molecular complexity index is 3840. The van der Waals surface area contributed by atoms with Gasteiger partial charge in [-0.2, -0.15) is 0 Å². The molecule has 0 aliphatic carbocycles. The first kappa shape index (κ1) is 41.8. The van der Waals surface area contributed by atoms with Crippen molar-refractivity contribution >= 4 is 85.6 Å². The van der Waals surface area contributed by atoms with Gasteiger partial charge in [-0.05, 0) is 123 Å². The summed E-state index contributed by atoms with van der Waals surface area (Å²) in [5.41, 5.74) is 21.1. The van der Waals surface area contributed by atoms with Crippen molar-refractivity contribution in [2.75, 3.05) is 15.1 Å². The predicted octanol–water partition coefficient (Wildman–Crippen LogP) is 16.9. The van der Waals surface area contributed by atoms with Gasteiger partial charge >= 0.3 is 0 Å². The van der Waals surface area contributed by atoms with Gasteiger partial charge in [-0.15, -0.1) is 0 Å². The quantitative estimate of drug-likeness (QED) is 0.139. The van der Waals surface area contributed by atoms with E-state index >= 15 is 0 Å². The zero-order valence-corrected chi connectivity index (χ0v) is 38.8. The fourth-order valence-electron chi connectivity index (χ4n) is 10.3. The molecule has 333 valence electrons. The Morgan fingerprint density at radius 1 is 0.394 bits per heavy atom. The number of hydrogen-bond acceptors (Lipinski definition) is 4. The van der Waals surface area contributed by atoms with Crippen molar-refractivity contribution in [2.45, 2.75) is 0 Å². The lowest BCUT2D eigenvalue weighted by atomic mass is 9.57. The van der Waals surface area contributed by atoms with Crippen molar-refractivity contribution in [1.82, 2.24) is 0 Å². The molecule has 1 N–H and O–H groups in total. The van der Waals surface area contributed by atoms with Crippen LogP contribution in [0, 0.1) is 0 Å². The summed E-state index contributed by atoms with van der Waals surface area (Å²) in [5.74, 6) is 0. The highest BCUT2D eigenvalue weighted by Crippen LogP contribution is 2.48. The van der Waals surface area contributed by atoms with Gasteiger partial charge in [0, 0.05) is 56.1 Å². The summed E-state index contributed by atoms with van der Waals surface area (Å²) in [5, 5.41) is 6.11. The maximum atomic E-state index is 7.08. The Kier molecular flexibility index (Phi) is 10.6. The molecule has 0 unspecified atom stereocenters. The van der Waals surface area contributed by atoms with Crippen molar-refractivity contribution in [1.29, 1.82) is 0 Å². The van der Waals surface area contributed by atoms with Gasteiger partial charge in [-0.25, -0.2) is 0 Å². The summed E-state index contributed by atoms with van der Waals surface area (Å²) in [6, 6.07) is 95.2. The average molecular weight is 907 g/mol. The fraction of sp³-hybridized carbons (Fsp3) is 0. The van der Waals surface area contributed by atoms with Crippen LogP contribution in [0.15, 0.2) is 271 Å². The summed E-state index contributed by atoms with van der Waals surface area (Å²) in [6.07, 6.45) is 0. The third kappa shape index (κ3) is 7.80. The first-order valence-corrected chi connectivity index (χ1v) is 24.2. The topological polar surface area (TPSA) is 31.6 Å². The standard InChI is InChI=1S/C66H45BN3O/c1-6-20-45(21-7-1)48-26-18-28-51(40-48)68-61-43-55(69(52-29-12-4-13-30-52)53-31-14-5-15-32-53)37-38-56(61)58-44-59-57-34-16-17-35-63(57)71-66(59)65-64(58)67-60-39-36-50(47-24-10-3-11-25-47)42-62(60)70(65)54-33-19-27-49(41-54)46-22-8-2-9-23-46/h1-44,68H. The number of benzene rings is 11. The second-order valence-electron chi connectivity index (χ2n) is 18.0. The van der Waals surface area contributed by atoms with Crippen LogP contribution in [0.5, 0.6) is 0 Å². The number of fused-ring (bicyclic) bond motifs is 6. The Morgan fingerprint density at radius 3 is 1.62 bits per heavy atom. The maximum Gasteiger partial charge on any atom is 0.198 e. The van der Waals surface area contributed by atoms with E-state index in [1.807, 2.05) is 0 Å². The van der Waals surface area contributed by atoms with Gasteiger partial charge in [-0.1, -0.05) is 194 Å². The van der Waals surface area contributed by atoms with Crippen LogP contribution in [0.4, 0.5) is 45.5 Å². The van der Waals surface area contributed by atoms with Gasteiger partial charge in [0.2, 0.25) is 0 Å². The molecule has 4 nitrogen and oxygen atoms in total. The molecule has 11 aromatic carbocycles. The van der Waals surface area contributed by atoms with E-state index in [0.29, 0.717) is 0 Å². The monoisotopic (exact) mass is 906 g/mol. The van der Waals surface area contributed by atoms with Crippen molar-refractivity contribution in [3.05, 3.63) is 267 Å². The molecule has 2 heterocycles. The smallest absolute Gasteiger partial charge is 0.198 e. The third-order valence-corrected chi connectivity index (χ3v) is 13.6. The number of rotatable bonds is 10. The molecule has 0 bridgehead atoms. The van der Waals surface area contributed by atoms with Crippen LogP contribution in [-0.4, -0.2) is 7.28 Å². The van der Waals surface area contributed by atoms with E-state index in [1.54, 1.807) is 0 Å². The summed E-state index contributed by atoms with van der Waals surface area (Å²) >= 11 is 0. The molecule has 1 aliphatic heterocycles. The summed E-state index contributed by atoms with van der Waals surface area (Å²) in [4.78, 5) is 4.76. The van der Waals surface area contributed by atoms with Crippen molar-refractivity contribution in [3.8, 4) is 44.5 Å². The zero-order chi connectivity index (χ0) is 47.1. The minimum absolute atomic E-state index is 0.836. The van der Waals surface area contributed by atoms with E-state index in [4.69, 9.17) is 4.42 Å². The van der Waals surface area contributed by atoms with Crippen LogP contribution < -0.4 is 26.0 Å². The molecule has 0 saturated carbocycles. The van der Waals surface area contributed by atoms with Gasteiger partial charge in [0.25, 0.3) is 0 Å². The largest absolute Gasteiger partial charge is 0.454 e. The van der Waals surface area contributed by atoms with Gasteiger partial charge in [0.05, 0.1) is 5.69 Å². The lowest BCUT2D eigenvalue weighted by molar-refractivity contribution is 0.669. The van der Waals surface area contributed by atoms with Crippen LogP contribution >= 0.6 is 0 Å². The molecule has 0 atom stereocenters. The molecule has 1 aliphatic rings. The highest BCUT2D eigenvalue weighted by Gasteiger charge is 2.33. The Morgan fingerprint density at radius 2 is 0.958 bits per heavy atom. The lowest BCUT2D eigenvalue weighted by Gasteiger charge is -2.35. The highest BCUT2D eigenvalue weighted by molar-refractivity contribution is 6.74. The predicted molar refractivity (Wildman–Crippen MR) is 300 cm³/mol. The molecular weight excluding hydrogens is 862 g/mol. The van der Waals surface area contributed by atoms with E-state index in [9.17, 15) is 0 Å². The zero-order valence-electron chi connectivity index (χ0n) is 38.8. The molecule has 1 radical (unpaired) electrons. The molecule has 13 rings (SSSR count). The van der Waals surface area contributed by atoms with Crippen LogP contribution in [0.25, 0.3) is 66.4 Å². The SMILES string of the molecule is [B]1c2ccc(-c3ccccc3)cc2N(c2cccc(-c3ccccc3)c2)c2c1c(-c1ccc(N(c3ccccc3)c3ccccc3)cc1Nc1cccc(-c3ccccc3)c1)cc1c2oc2ccccc21. The molecule has 1 aromatic heterocycles. The fourth-order valence-corrected chi connectivity index (χ4v) is 10.3. The van der Waals surface area contributed by atoms with Gasteiger partial charge in [0.15, 0.2) is 12.9 Å². The number of nitrogens with zero attached hydrogens (tertiary/aromatic N) is 2. The van der Waals surface area contributed by atoms with Crippen LogP contribution in [0.2, 0.25) is 0 Å². The van der Waals surface area contributed by atoms with Crippen LogP contribution in [-0.2, 0) is 0 Å². The number of hydrogen-bond donors (Lipinski definition) is 1. The maximum absolute atomic E-state index is 7.08. The number of anilines is 8.